The second kappa shape index (κ2) is 6.66. The highest BCUT2D eigenvalue weighted by atomic mass is 16.5. The molecule has 2 aliphatic rings. The number of hydrogen-bond donors (Lipinski definition) is 0. The summed E-state index contributed by atoms with van der Waals surface area (Å²) in [5.41, 5.74) is 2.46. The number of rotatable bonds is 4. The van der Waals surface area contributed by atoms with E-state index in [4.69, 9.17) is 4.74 Å². The van der Waals surface area contributed by atoms with Gasteiger partial charge in [-0.25, -0.2) is 0 Å². The van der Waals surface area contributed by atoms with Gasteiger partial charge in [0.2, 0.25) is 0 Å². The number of allylic oxidation sites excluding steroid dienone is 2. The molecule has 1 aromatic carbocycles. The van der Waals surface area contributed by atoms with Crippen molar-refractivity contribution in [3.05, 3.63) is 47.7 Å². The number of carbonyl (C=O) groups is 1. The van der Waals surface area contributed by atoms with Gasteiger partial charge in [0.25, 0.3) is 0 Å². The molecular weight excluding hydrogens is 274 g/mol. The van der Waals surface area contributed by atoms with Crippen LogP contribution in [-0.2, 0) is 16.0 Å². The fourth-order valence-corrected chi connectivity index (χ4v) is 3.61. The van der Waals surface area contributed by atoms with E-state index < -0.39 is 0 Å². The third kappa shape index (κ3) is 3.25. The van der Waals surface area contributed by atoms with Crippen molar-refractivity contribution in [1.82, 2.24) is 4.90 Å². The van der Waals surface area contributed by atoms with Crippen molar-refractivity contribution >= 4 is 5.78 Å². The molecule has 1 aliphatic heterocycles. The van der Waals surface area contributed by atoms with E-state index in [9.17, 15) is 4.79 Å². The Hall–Kier alpha value is -1.61. The summed E-state index contributed by atoms with van der Waals surface area (Å²) in [6.07, 6.45) is 5.99. The van der Waals surface area contributed by atoms with Crippen LogP contribution in [0.2, 0.25) is 0 Å². The maximum absolute atomic E-state index is 12.3. The third-order valence-electron chi connectivity index (χ3n) is 5.14. The van der Waals surface area contributed by atoms with Crippen molar-refractivity contribution < 1.29 is 9.53 Å². The van der Waals surface area contributed by atoms with Crippen LogP contribution in [0.15, 0.2) is 42.1 Å². The molecule has 0 bridgehead atoms. The SMILES string of the molecule is CC(=O)C1(Cc2ccccc2)CC=C(N2CCOCC2)CC1. The molecule has 0 N–H and O–H groups in total. The van der Waals surface area contributed by atoms with Gasteiger partial charge in [0, 0.05) is 24.2 Å². The Balaban J connectivity index is 1.74. The number of carbonyl (C=O) groups excluding carboxylic acids is 1. The van der Waals surface area contributed by atoms with Crippen molar-refractivity contribution in [3.63, 3.8) is 0 Å². The molecule has 3 rings (SSSR count). The molecule has 1 aliphatic carbocycles. The summed E-state index contributed by atoms with van der Waals surface area (Å²) in [6.45, 7) is 5.37. The summed E-state index contributed by atoms with van der Waals surface area (Å²) in [5, 5.41) is 0. The number of morpholine rings is 1. The van der Waals surface area contributed by atoms with E-state index in [1.54, 1.807) is 6.92 Å². The molecule has 0 spiro atoms. The van der Waals surface area contributed by atoms with Crippen LogP contribution < -0.4 is 0 Å². The van der Waals surface area contributed by atoms with Crippen molar-refractivity contribution in [2.75, 3.05) is 26.3 Å². The van der Waals surface area contributed by atoms with Crippen LogP contribution in [0.5, 0.6) is 0 Å². The lowest BCUT2D eigenvalue weighted by Crippen LogP contribution is -2.39. The van der Waals surface area contributed by atoms with Gasteiger partial charge in [-0.2, -0.15) is 0 Å². The Bertz CT molecular complexity index is 546. The third-order valence-corrected chi connectivity index (χ3v) is 5.14. The van der Waals surface area contributed by atoms with Gasteiger partial charge in [-0.05, 0) is 38.2 Å². The van der Waals surface area contributed by atoms with Crippen LogP contribution >= 0.6 is 0 Å². The minimum Gasteiger partial charge on any atom is -0.378 e. The molecule has 1 heterocycles. The average Bonchev–Trinajstić information content (AvgIpc) is 2.57. The van der Waals surface area contributed by atoms with E-state index >= 15 is 0 Å². The minimum atomic E-state index is -0.211. The summed E-state index contributed by atoms with van der Waals surface area (Å²) in [7, 11) is 0. The lowest BCUT2D eigenvalue weighted by molar-refractivity contribution is -0.127. The largest absolute Gasteiger partial charge is 0.378 e. The number of ether oxygens (including phenoxy) is 1. The molecule has 3 heteroatoms. The summed E-state index contributed by atoms with van der Waals surface area (Å²) in [5.74, 6) is 0.327. The summed E-state index contributed by atoms with van der Waals surface area (Å²) in [4.78, 5) is 14.8. The van der Waals surface area contributed by atoms with E-state index in [1.165, 1.54) is 11.3 Å². The lowest BCUT2D eigenvalue weighted by atomic mass is 9.69. The normalized spacial score (nSPS) is 25.7. The van der Waals surface area contributed by atoms with Crippen LogP contribution in [0.1, 0.15) is 31.7 Å². The molecule has 1 atom stereocenters. The first kappa shape index (κ1) is 15.3. The highest BCUT2D eigenvalue weighted by Gasteiger charge is 2.37. The van der Waals surface area contributed by atoms with Gasteiger partial charge in [-0.15, -0.1) is 0 Å². The first-order valence-corrected chi connectivity index (χ1v) is 8.26. The van der Waals surface area contributed by atoms with Crippen LogP contribution in [0.25, 0.3) is 0 Å². The smallest absolute Gasteiger partial charge is 0.136 e. The molecule has 1 fully saturated rings. The van der Waals surface area contributed by atoms with Gasteiger partial charge >= 0.3 is 0 Å². The molecule has 0 saturated carbocycles. The maximum Gasteiger partial charge on any atom is 0.136 e. The fraction of sp³-hybridized carbons (Fsp3) is 0.526. The van der Waals surface area contributed by atoms with Crippen LogP contribution in [0.3, 0.4) is 0 Å². The van der Waals surface area contributed by atoms with Crippen molar-refractivity contribution in [1.29, 1.82) is 0 Å². The molecule has 0 aromatic heterocycles. The van der Waals surface area contributed by atoms with Crippen LogP contribution in [0.4, 0.5) is 0 Å². The number of Topliss-reactive ketones (excluding diaryl/α,β-unsaturated/α-hetero) is 1. The molecule has 3 nitrogen and oxygen atoms in total. The zero-order valence-corrected chi connectivity index (χ0v) is 13.4. The van der Waals surface area contributed by atoms with Gasteiger partial charge in [-0.1, -0.05) is 36.4 Å². The van der Waals surface area contributed by atoms with Crippen LogP contribution in [0, 0.1) is 5.41 Å². The van der Waals surface area contributed by atoms with E-state index in [0.717, 1.165) is 52.0 Å². The first-order chi connectivity index (χ1) is 10.7. The Morgan fingerprint density at radius 2 is 1.95 bits per heavy atom. The van der Waals surface area contributed by atoms with E-state index in [1.807, 2.05) is 6.07 Å². The Kier molecular flexibility index (Phi) is 4.63. The Morgan fingerprint density at radius 1 is 1.23 bits per heavy atom. The molecule has 1 saturated heterocycles. The molecule has 118 valence electrons. The van der Waals surface area contributed by atoms with Gasteiger partial charge in [0.1, 0.15) is 5.78 Å². The maximum atomic E-state index is 12.3. The molecule has 0 radical (unpaired) electrons. The van der Waals surface area contributed by atoms with Crippen LogP contribution in [-0.4, -0.2) is 37.0 Å². The quantitative estimate of drug-likeness (QED) is 0.855. The standard InChI is InChI=1S/C19H25NO2/c1-16(21)19(15-17-5-3-2-4-6-17)9-7-18(8-10-19)20-11-13-22-14-12-20/h2-7H,8-15H2,1H3. The molecular formula is C19H25NO2. The monoisotopic (exact) mass is 299 g/mol. The second-order valence-corrected chi connectivity index (χ2v) is 6.50. The predicted molar refractivity (Wildman–Crippen MR) is 87.6 cm³/mol. The molecule has 22 heavy (non-hydrogen) atoms. The summed E-state index contributed by atoms with van der Waals surface area (Å²) >= 11 is 0. The van der Waals surface area contributed by atoms with Gasteiger partial charge in [0.15, 0.2) is 0 Å². The lowest BCUT2D eigenvalue weighted by Gasteiger charge is -2.39. The number of ketones is 1. The van der Waals surface area contributed by atoms with Crippen molar-refractivity contribution in [2.45, 2.75) is 32.6 Å². The molecule has 1 aromatic rings. The molecule has 0 amide bonds. The summed E-state index contributed by atoms with van der Waals surface area (Å²) < 4.78 is 5.43. The highest BCUT2D eigenvalue weighted by molar-refractivity contribution is 5.83. The predicted octanol–water partition coefficient (Wildman–Crippen LogP) is 3.20. The Labute approximate surface area is 133 Å². The number of hydrogen-bond acceptors (Lipinski definition) is 3. The summed E-state index contributed by atoms with van der Waals surface area (Å²) in [6, 6.07) is 10.4. The fourth-order valence-electron chi connectivity index (χ4n) is 3.61. The van der Waals surface area contributed by atoms with Gasteiger partial charge in [-0.3, -0.25) is 4.79 Å². The topological polar surface area (TPSA) is 29.5 Å². The minimum absolute atomic E-state index is 0.211. The van der Waals surface area contributed by atoms with Crippen molar-refractivity contribution in [2.24, 2.45) is 5.41 Å². The number of nitrogens with zero attached hydrogens (tertiary/aromatic N) is 1. The highest BCUT2D eigenvalue weighted by Crippen LogP contribution is 2.40. The first-order valence-electron chi connectivity index (χ1n) is 8.26. The zero-order chi connectivity index (χ0) is 15.4. The molecule has 1 unspecified atom stereocenters. The van der Waals surface area contributed by atoms with Gasteiger partial charge in [0.05, 0.1) is 13.2 Å². The van der Waals surface area contributed by atoms with E-state index in [0.29, 0.717) is 5.78 Å². The zero-order valence-electron chi connectivity index (χ0n) is 13.4. The van der Waals surface area contributed by atoms with E-state index in [-0.39, 0.29) is 5.41 Å². The Morgan fingerprint density at radius 3 is 2.55 bits per heavy atom. The average molecular weight is 299 g/mol. The van der Waals surface area contributed by atoms with Gasteiger partial charge < -0.3 is 9.64 Å². The van der Waals surface area contributed by atoms with E-state index in [2.05, 4.69) is 35.2 Å². The number of benzene rings is 1. The second-order valence-electron chi connectivity index (χ2n) is 6.50. The van der Waals surface area contributed by atoms with Crippen molar-refractivity contribution in [3.8, 4) is 0 Å².